The molecule has 0 spiro atoms. The fourth-order valence-electron chi connectivity index (χ4n) is 7.92. The average molecular weight is 455 g/mol. The maximum absolute atomic E-state index is 6.54. The lowest BCUT2D eigenvalue weighted by Gasteiger charge is -2.57. The van der Waals surface area contributed by atoms with E-state index < -0.39 is 0 Å². The highest BCUT2D eigenvalue weighted by atomic mass is 16.7. The Balaban J connectivity index is 1.21. The summed E-state index contributed by atoms with van der Waals surface area (Å²) in [4.78, 5) is 0. The Hall–Kier alpha value is -1.06. The first-order chi connectivity index (χ1) is 16.1. The molecule has 5 fully saturated rings. The van der Waals surface area contributed by atoms with Gasteiger partial charge >= 0.3 is 0 Å². The van der Waals surface area contributed by atoms with E-state index >= 15 is 0 Å². The van der Waals surface area contributed by atoms with E-state index in [0.717, 1.165) is 29.9 Å². The highest BCUT2D eigenvalue weighted by molar-refractivity contribution is 5.29. The molecule has 0 radical (unpaired) electrons. The third kappa shape index (κ3) is 5.96. The summed E-state index contributed by atoms with van der Waals surface area (Å²) in [6.45, 7) is 5.87. The molecular weight excluding hydrogens is 408 g/mol. The van der Waals surface area contributed by atoms with Gasteiger partial charge in [-0.2, -0.15) is 0 Å². The second-order valence-electron chi connectivity index (χ2n) is 12.0. The summed E-state index contributed by atoms with van der Waals surface area (Å²) >= 11 is 0. The number of benzene rings is 1. The van der Waals surface area contributed by atoms with Crippen molar-refractivity contribution in [2.24, 2.45) is 23.2 Å². The molecule has 0 N–H and O–H groups in total. The Morgan fingerprint density at radius 1 is 0.879 bits per heavy atom. The van der Waals surface area contributed by atoms with Gasteiger partial charge in [0.1, 0.15) is 5.75 Å². The molecule has 0 aromatic heterocycles. The zero-order valence-electron chi connectivity index (χ0n) is 21.1. The molecule has 3 nitrogen and oxygen atoms in total. The lowest BCUT2D eigenvalue weighted by Crippen LogP contribution is -2.48. The molecule has 4 bridgehead atoms. The first-order valence-electron chi connectivity index (χ1n) is 14.1. The molecule has 1 aromatic carbocycles. The Morgan fingerprint density at radius 2 is 1.52 bits per heavy atom. The minimum Gasteiger partial charge on any atom is -0.465 e. The zero-order valence-corrected chi connectivity index (χ0v) is 21.1. The molecule has 5 aliphatic rings. The summed E-state index contributed by atoms with van der Waals surface area (Å²) in [5.41, 5.74) is 1.84. The van der Waals surface area contributed by atoms with Crippen LogP contribution < -0.4 is 4.74 Å². The largest absolute Gasteiger partial charge is 0.465 e. The van der Waals surface area contributed by atoms with Gasteiger partial charge in [0.05, 0.1) is 19.3 Å². The number of rotatable bonds is 11. The quantitative estimate of drug-likeness (QED) is 0.251. The van der Waals surface area contributed by atoms with Crippen molar-refractivity contribution in [1.29, 1.82) is 0 Å². The number of hydrogen-bond acceptors (Lipinski definition) is 3. The SMILES string of the molecule is CCC(C)c1ccc(OC(CC23CC4CC(CC(C4)C2)C3)OCCOC2CCCCC2)cc1. The minimum absolute atomic E-state index is 0.161. The van der Waals surface area contributed by atoms with Crippen molar-refractivity contribution in [2.45, 2.75) is 116 Å². The molecule has 0 saturated heterocycles. The first-order valence-corrected chi connectivity index (χ1v) is 14.1. The number of ether oxygens (including phenoxy) is 3. The molecule has 5 saturated carbocycles. The van der Waals surface area contributed by atoms with Crippen LogP contribution in [0.15, 0.2) is 24.3 Å². The topological polar surface area (TPSA) is 27.7 Å². The molecule has 0 amide bonds. The van der Waals surface area contributed by atoms with E-state index in [2.05, 4.69) is 38.1 Å². The summed E-state index contributed by atoms with van der Waals surface area (Å²) in [7, 11) is 0. The van der Waals surface area contributed by atoms with E-state index in [-0.39, 0.29) is 6.29 Å². The molecule has 2 atom stereocenters. The van der Waals surface area contributed by atoms with E-state index in [4.69, 9.17) is 14.2 Å². The molecule has 3 heteroatoms. The number of hydrogen-bond donors (Lipinski definition) is 0. The van der Waals surface area contributed by atoms with Crippen LogP contribution in [0.25, 0.3) is 0 Å². The molecule has 5 aliphatic carbocycles. The van der Waals surface area contributed by atoms with Crippen LogP contribution in [0, 0.1) is 23.2 Å². The van der Waals surface area contributed by atoms with Crippen LogP contribution in [0.1, 0.15) is 109 Å². The van der Waals surface area contributed by atoms with Crippen molar-refractivity contribution in [2.75, 3.05) is 13.2 Å². The summed E-state index contributed by atoms with van der Waals surface area (Å²) in [6, 6.07) is 8.76. The van der Waals surface area contributed by atoms with Crippen LogP contribution in [0.3, 0.4) is 0 Å². The Bertz CT molecular complexity index is 700. The second-order valence-corrected chi connectivity index (χ2v) is 12.0. The van der Waals surface area contributed by atoms with Gasteiger partial charge in [-0.1, -0.05) is 45.2 Å². The summed E-state index contributed by atoms with van der Waals surface area (Å²) in [6.07, 6.45) is 17.6. The molecule has 184 valence electrons. The smallest absolute Gasteiger partial charge is 0.200 e. The third-order valence-electron chi connectivity index (χ3n) is 9.39. The van der Waals surface area contributed by atoms with Crippen LogP contribution in [0.2, 0.25) is 0 Å². The lowest BCUT2D eigenvalue weighted by molar-refractivity contribution is -0.151. The Kier molecular flexibility index (Phi) is 7.67. The van der Waals surface area contributed by atoms with E-state index in [1.54, 1.807) is 0 Å². The molecule has 2 unspecified atom stereocenters. The Morgan fingerprint density at radius 3 is 2.12 bits per heavy atom. The van der Waals surface area contributed by atoms with Gasteiger partial charge in [0.25, 0.3) is 0 Å². The second kappa shape index (κ2) is 10.7. The standard InChI is InChI=1S/C30H46O3/c1-3-22(2)26-9-11-28(12-10-26)33-29(32-14-13-31-27-7-5-4-6-8-27)21-30-18-23-15-24(19-30)17-25(16-23)20-30/h9-12,22-25,27,29H,3-8,13-21H2,1-2H3. The van der Waals surface area contributed by atoms with E-state index in [0.29, 0.717) is 30.7 Å². The predicted octanol–water partition coefficient (Wildman–Crippen LogP) is 7.88. The summed E-state index contributed by atoms with van der Waals surface area (Å²) in [5.74, 6) is 4.42. The van der Waals surface area contributed by atoms with Crippen LogP contribution in [0.4, 0.5) is 0 Å². The van der Waals surface area contributed by atoms with Crippen LogP contribution in [-0.4, -0.2) is 25.6 Å². The summed E-state index contributed by atoms with van der Waals surface area (Å²) < 4.78 is 19.1. The van der Waals surface area contributed by atoms with E-state index in [1.165, 1.54) is 82.6 Å². The third-order valence-corrected chi connectivity index (χ3v) is 9.39. The normalized spacial score (nSPS) is 33.2. The molecule has 33 heavy (non-hydrogen) atoms. The highest BCUT2D eigenvalue weighted by Gasteiger charge is 2.51. The van der Waals surface area contributed by atoms with Crippen molar-refractivity contribution in [1.82, 2.24) is 0 Å². The van der Waals surface area contributed by atoms with Crippen LogP contribution in [-0.2, 0) is 9.47 Å². The van der Waals surface area contributed by atoms with E-state index in [1.807, 2.05) is 0 Å². The van der Waals surface area contributed by atoms with Crippen molar-refractivity contribution in [3.8, 4) is 5.75 Å². The van der Waals surface area contributed by atoms with Crippen molar-refractivity contribution < 1.29 is 14.2 Å². The molecule has 0 aliphatic heterocycles. The van der Waals surface area contributed by atoms with Crippen molar-refractivity contribution >= 4 is 0 Å². The maximum Gasteiger partial charge on any atom is 0.200 e. The van der Waals surface area contributed by atoms with Crippen LogP contribution >= 0.6 is 0 Å². The average Bonchev–Trinajstić information content (AvgIpc) is 2.81. The van der Waals surface area contributed by atoms with Gasteiger partial charge in [0, 0.05) is 6.42 Å². The monoisotopic (exact) mass is 454 g/mol. The van der Waals surface area contributed by atoms with Crippen LogP contribution in [0.5, 0.6) is 5.75 Å². The fraction of sp³-hybridized carbons (Fsp3) is 0.800. The van der Waals surface area contributed by atoms with Gasteiger partial charge in [0.2, 0.25) is 0 Å². The van der Waals surface area contributed by atoms with Gasteiger partial charge in [-0.25, -0.2) is 0 Å². The van der Waals surface area contributed by atoms with Gasteiger partial charge in [0.15, 0.2) is 6.29 Å². The lowest BCUT2D eigenvalue weighted by atomic mass is 9.49. The zero-order chi connectivity index (χ0) is 22.7. The van der Waals surface area contributed by atoms with Crippen molar-refractivity contribution in [3.05, 3.63) is 29.8 Å². The Labute approximate surface area is 202 Å². The van der Waals surface area contributed by atoms with Gasteiger partial charge in [-0.05, 0) is 105 Å². The molecular formula is C30H46O3. The summed E-state index contributed by atoms with van der Waals surface area (Å²) in [5, 5.41) is 0. The highest BCUT2D eigenvalue weighted by Crippen LogP contribution is 2.61. The maximum atomic E-state index is 6.54. The predicted molar refractivity (Wildman–Crippen MR) is 134 cm³/mol. The van der Waals surface area contributed by atoms with Gasteiger partial charge in [-0.3, -0.25) is 0 Å². The first kappa shape index (κ1) is 23.7. The minimum atomic E-state index is -0.161. The fourth-order valence-corrected chi connectivity index (χ4v) is 7.92. The van der Waals surface area contributed by atoms with Gasteiger partial charge < -0.3 is 14.2 Å². The molecule has 0 heterocycles. The van der Waals surface area contributed by atoms with Gasteiger partial charge in [-0.15, -0.1) is 0 Å². The van der Waals surface area contributed by atoms with Crippen molar-refractivity contribution in [3.63, 3.8) is 0 Å². The molecule has 1 aromatic rings. The molecule has 6 rings (SSSR count). The van der Waals surface area contributed by atoms with E-state index in [9.17, 15) is 0 Å².